The summed E-state index contributed by atoms with van der Waals surface area (Å²) in [5.41, 5.74) is 1.80. The molecule has 1 N–H and O–H groups in total. The van der Waals surface area contributed by atoms with Gasteiger partial charge < -0.3 is 19.2 Å². The molecule has 0 saturated carbocycles. The van der Waals surface area contributed by atoms with Crippen molar-refractivity contribution in [2.75, 3.05) is 26.1 Å². The van der Waals surface area contributed by atoms with Gasteiger partial charge in [0.2, 0.25) is 12.3 Å². The van der Waals surface area contributed by atoms with Gasteiger partial charge in [0.25, 0.3) is 0 Å². The van der Waals surface area contributed by atoms with E-state index < -0.39 is 0 Å². The SMILES string of the molecule is COC(CNc1cccc(-c2nnco2)c1)OC. The highest BCUT2D eigenvalue weighted by atomic mass is 16.7. The summed E-state index contributed by atoms with van der Waals surface area (Å²) in [5.74, 6) is 0.494. The van der Waals surface area contributed by atoms with E-state index in [0.29, 0.717) is 12.4 Å². The van der Waals surface area contributed by atoms with Crippen molar-refractivity contribution in [3.05, 3.63) is 30.7 Å². The smallest absolute Gasteiger partial charge is 0.247 e. The second-order valence-electron chi connectivity index (χ2n) is 3.61. The van der Waals surface area contributed by atoms with Crippen molar-refractivity contribution in [3.8, 4) is 11.5 Å². The van der Waals surface area contributed by atoms with Gasteiger partial charge in [-0.15, -0.1) is 10.2 Å². The summed E-state index contributed by atoms with van der Waals surface area (Å²) in [6, 6.07) is 7.69. The number of methoxy groups -OCH3 is 2. The number of nitrogens with one attached hydrogen (secondary N) is 1. The first kappa shape index (κ1) is 12.5. The molecule has 18 heavy (non-hydrogen) atoms. The van der Waals surface area contributed by atoms with Gasteiger partial charge >= 0.3 is 0 Å². The Bertz CT molecular complexity index is 469. The molecule has 6 nitrogen and oxygen atoms in total. The van der Waals surface area contributed by atoms with Crippen LogP contribution in [0.4, 0.5) is 5.69 Å². The molecule has 2 aromatic rings. The molecule has 96 valence electrons. The van der Waals surface area contributed by atoms with Crippen LogP contribution < -0.4 is 5.32 Å². The summed E-state index contributed by atoms with van der Waals surface area (Å²) in [5, 5.41) is 10.7. The van der Waals surface area contributed by atoms with E-state index in [-0.39, 0.29) is 6.29 Å². The van der Waals surface area contributed by atoms with Crippen LogP contribution in [-0.2, 0) is 9.47 Å². The Balaban J connectivity index is 2.04. The van der Waals surface area contributed by atoms with Crippen LogP contribution in [0.3, 0.4) is 0 Å². The molecule has 0 unspecified atom stereocenters. The minimum atomic E-state index is -0.280. The van der Waals surface area contributed by atoms with Gasteiger partial charge in [0, 0.05) is 25.5 Å². The molecule has 1 aromatic heterocycles. The molecule has 1 heterocycles. The molecular weight excluding hydrogens is 234 g/mol. The second kappa shape index (κ2) is 6.13. The standard InChI is InChI=1S/C12H15N3O3/c1-16-11(17-2)7-13-10-5-3-4-9(6-10)12-15-14-8-18-12/h3-6,8,11,13H,7H2,1-2H3. The Morgan fingerprint density at radius 2 is 2.17 bits per heavy atom. The van der Waals surface area contributed by atoms with Crippen molar-refractivity contribution in [3.63, 3.8) is 0 Å². The van der Waals surface area contributed by atoms with Crippen molar-refractivity contribution in [2.24, 2.45) is 0 Å². The topological polar surface area (TPSA) is 69.4 Å². The number of ether oxygens (including phenoxy) is 2. The Morgan fingerprint density at radius 1 is 1.33 bits per heavy atom. The summed E-state index contributed by atoms with van der Waals surface area (Å²) in [6.07, 6.45) is 1.03. The maximum absolute atomic E-state index is 5.14. The van der Waals surface area contributed by atoms with Gasteiger partial charge in [-0.25, -0.2) is 0 Å². The molecule has 0 amide bonds. The van der Waals surface area contributed by atoms with Crippen molar-refractivity contribution in [1.82, 2.24) is 10.2 Å². The van der Waals surface area contributed by atoms with E-state index in [9.17, 15) is 0 Å². The zero-order valence-electron chi connectivity index (χ0n) is 10.3. The molecule has 0 saturated heterocycles. The fraction of sp³-hybridized carbons (Fsp3) is 0.333. The highest BCUT2D eigenvalue weighted by Crippen LogP contribution is 2.20. The fourth-order valence-electron chi connectivity index (χ4n) is 1.53. The van der Waals surface area contributed by atoms with Crippen molar-refractivity contribution < 1.29 is 13.9 Å². The zero-order chi connectivity index (χ0) is 12.8. The molecule has 0 spiro atoms. The summed E-state index contributed by atoms with van der Waals surface area (Å²) in [4.78, 5) is 0. The van der Waals surface area contributed by atoms with Gasteiger partial charge in [-0.05, 0) is 18.2 Å². The first-order valence-corrected chi connectivity index (χ1v) is 5.49. The maximum Gasteiger partial charge on any atom is 0.247 e. The van der Waals surface area contributed by atoms with Crippen LogP contribution in [0.15, 0.2) is 35.1 Å². The van der Waals surface area contributed by atoms with E-state index in [2.05, 4.69) is 15.5 Å². The van der Waals surface area contributed by atoms with E-state index in [4.69, 9.17) is 13.9 Å². The van der Waals surface area contributed by atoms with Gasteiger partial charge in [-0.3, -0.25) is 0 Å². The molecule has 2 rings (SSSR count). The molecule has 0 radical (unpaired) electrons. The highest BCUT2D eigenvalue weighted by Gasteiger charge is 2.06. The van der Waals surface area contributed by atoms with Crippen LogP contribution in [0.5, 0.6) is 0 Å². The second-order valence-corrected chi connectivity index (χ2v) is 3.61. The van der Waals surface area contributed by atoms with Gasteiger partial charge in [0.1, 0.15) is 0 Å². The van der Waals surface area contributed by atoms with Crippen LogP contribution in [-0.4, -0.2) is 37.3 Å². The first-order chi connectivity index (χ1) is 8.83. The first-order valence-electron chi connectivity index (χ1n) is 5.49. The summed E-state index contributed by atoms with van der Waals surface area (Å²) >= 11 is 0. The van der Waals surface area contributed by atoms with Crippen molar-refractivity contribution in [1.29, 1.82) is 0 Å². The van der Waals surface area contributed by atoms with Crippen molar-refractivity contribution >= 4 is 5.69 Å². The number of hydrogen-bond acceptors (Lipinski definition) is 6. The lowest BCUT2D eigenvalue weighted by molar-refractivity contribution is -0.0914. The van der Waals surface area contributed by atoms with Crippen LogP contribution in [0.25, 0.3) is 11.5 Å². The third-order valence-electron chi connectivity index (χ3n) is 2.47. The molecule has 6 heteroatoms. The van der Waals surface area contributed by atoms with Gasteiger partial charge in [-0.1, -0.05) is 6.07 Å². The van der Waals surface area contributed by atoms with Crippen molar-refractivity contribution in [2.45, 2.75) is 6.29 Å². The minimum absolute atomic E-state index is 0.280. The average Bonchev–Trinajstić information content (AvgIpc) is 2.94. The quantitative estimate of drug-likeness (QED) is 0.787. The minimum Gasteiger partial charge on any atom is -0.423 e. The molecule has 0 aliphatic heterocycles. The average molecular weight is 249 g/mol. The summed E-state index contributed by atoms with van der Waals surface area (Å²) < 4.78 is 15.3. The Labute approximate surface area is 105 Å². The van der Waals surface area contributed by atoms with E-state index in [1.807, 2.05) is 24.3 Å². The molecule has 0 bridgehead atoms. The normalized spacial score (nSPS) is 10.8. The molecule has 1 aromatic carbocycles. The van der Waals surface area contributed by atoms with Gasteiger partial charge in [0.05, 0.1) is 6.54 Å². The number of anilines is 1. The van der Waals surface area contributed by atoms with E-state index in [1.165, 1.54) is 6.39 Å². The molecule has 0 aliphatic rings. The Hall–Kier alpha value is -1.92. The van der Waals surface area contributed by atoms with E-state index in [0.717, 1.165) is 11.3 Å². The number of nitrogens with zero attached hydrogens (tertiary/aromatic N) is 2. The number of rotatable bonds is 6. The molecule has 0 aliphatic carbocycles. The lowest BCUT2D eigenvalue weighted by Crippen LogP contribution is -2.23. The zero-order valence-corrected chi connectivity index (χ0v) is 10.3. The third kappa shape index (κ3) is 3.06. The van der Waals surface area contributed by atoms with E-state index >= 15 is 0 Å². The number of hydrogen-bond donors (Lipinski definition) is 1. The lowest BCUT2D eigenvalue weighted by Gasteiger charge is -2.15. The molecule has 0 fully saturated rings. The van der Waals surface area contributed by atoms with Crippen LogP contribution in [0.1, 0.15) is 0 Å². The third-order valence-corrected chi connectivity index (χ3v) is 2.47. The predicted octanol–water partition coefficient (Wildman–Crippen LogP) is 1.77. The van der Waals surface area contributed by atoms with Gasteiger partial charge in [0.15, 0.2) is 6.29 Å². The summed E-state index contributed by atoms with van der Waals surface area (Å²) in [7, 11) is 3.20. The molecular formula is C12H15N3O3. The summed E-state index contributed by atoms with van der Waals surface area (Å²) in [6.45, 7) is 0.556. The number of benzene rings is 1. The Kier molecular flexibility index (Phi) is 4.27. The number of aromatic nitrogens is 2. The fourth-order valence-corrected chi connectivity index (χ4v) is 1.53. The Morgan fingerprint density at radius 3 is 2.83 bits per heavy atom. The lowest BCUT2D eigenvalue weighted by atomic mass is 10.2. The van der Waals surface area contributed by atoms with Crippen LogP contribution in [0.2, 0.25) is 0 Å². The largest absolute Gasteiger partial charge is 0.423 e. The van der Waals surface area contributed by atoms with Crippen LogP contribution in [0, 0.1) is 0 Å². The van der Waals surface area contributed by atoms with Gasteiger partial charge in [-0.2, -0.15) is 0 Å². The van der Waals surface area contributed by atoms with E-state index in [1.54, 1.807) is 14.2 Å². The highest BCUT2D eigenvalue weighted by molar-refractivity contribution is 5.60. The molecule has 0 atom stereocenters. The monoisotopic (exact) mass is 249 g/mol. The van der Waals surface area contributed by atoms with Crippen LogP contribution >= 0.6 is 0 Å². The predicted molar refractivity (Wildman–Crippen MR) is 66.0 cm³/mol. The maximum atomic E-state index is 5.14.